The van der Waals surface area contributed by atoms with Crippen LogP contribution in [0.5, 0.6) is 0 Å². The van der Waals surface area contributed by atoms with E-state index in [1.165, 1.54) is 30.9 Å². The summed E-state index contributed by atoms with van der Waals surface area (Å²) in [5, 5.41) is 3.24. The lowest BCUT2D eigenvalue weighted by Gasteiger charge is -2.07. The monoisotopic (exact) mass is 130 g/mol. The van der Waals surface area contributed by atoms with Gasteiger partial charge in [0.1, 0.15) is 0 Å². The van der Waals surface area contributed by atoms with Crippen LogP contribution in [-0.4, -0.2) is 18.1 Å². The largest absolute Gasteiger partial charge is 0.312 e. The van der Waals surface area contributed by atoms with Crippen LogP contribution in [0.1, 0.15) is 12.8 Å². The van der Waals surface area contributed by atoms with E-state index >= 15 is 0 Å². The van der Waals surface area contributed by atoms with Gasteiger partial charge in [-0.3, -0.25) is 0 Å². The minimum absolute atomic E-state index is 1.18. The second-order valence-corrected chi connectivity index (χ2v) is 3.09. The fourth-order valence-corrected chi connectivity index (χ4v) is 1.55. The van der Waals surface area contributed by atoms with E-state index in [0.29, 0.717) is 0 Å². The zero-order chi connectivity index (χ0) is 5.66. The van der Waals surface area contributed by atoms with Crippen LogP contribution in [0.25, 0.3) is 0 Å². The lowest BCUT2D eigenvalue weighted by atomic mass is 10.3. The molecule has 1 radical (unpaired) electrons. The molecule has 0 aromatic rings. The van der Waals surface area contributed by atoms with Crippen molar-refractivity contribution in [3.63, 3.8) is 0 Å². The van der Waals surface area contributed by atoms with E-state index < -0.39 is 0 Å². The smallest absolute Gasteiger partial charge is 0.0319 e. The van der Waals surface area contributed by atoms with Gasteiger partial charge < -0.3 is 5.32 Å². The van der Waals surface area contributed by atoms with Gasteiger partial charge in [-0.15, -0.1) is 0 Å². The van der Waals surface area contributed by atoms with E-state index in [4.69, 9.17) is 0 Å². The summed E-state index contributed by atoms with van der Waals surface area (Å²) in [5.41, 5.74) is 0. The Balaban J connectivity index is 2.00. The zero-order valence-electron chi connectivity index (χ0n) is 5.02. The third-order valence-corrected chi connectivity index (χ3v) is 2.19. The number of hydrogen-bond acceptors (Lipinski definition) is 2. The highest BCUT2D eigenvalue weighted by Gasteiger charge is 1.94. The number of nitrogens with one attached hydrogen (secondary N) is 1. The molecule has 1 N–H and O–H groups in total. The molecule has 0 aromatic carbocycles. The SMILES string of the molecule is [CH]1CSCCCCN1. The van der Waals surface area contributed by atoms with Gasteiger partial charge in [0.2, 0.25) is 0 Å². The summed E-state index contributed by atoms with van der Waals surface area (Å²) in [4.78, 5) is 0. The van der Waals surface area contributed by atoms with Crippen molar-refractivity contribution in [2.75, 3.05) is 18.1 Å². The van der Waals surface area contributed by atoms with Crippen molar-refractivity contribution in [2.24, 2.45) is 0 Å². The first-order valence-corrected chi connectivity index (χ1v) is 4.28. The first-order chi connectivity index (χ1) is 4.00. The minimum Gasteiger partial charge on any atom is -0.312 e. The van der Waals surface area contributed by atoms with Crippen LogP contribution in [0.2, 0.25) is 0 Å². The second-order valence-electron chi connectivity index (χ2n) is 1.94. The van der Waals surface area contributed by atoms with Crippen LogP contribution >= 0.6 is 11.8 Å². The maximum Gasteiger partial charge on any atom is 0.0319 e. The van der Waals surface area contributed by atoms with Crippen molar-refractivity contribution >= 4 is 11.8 Å². The maximum atomic E-state index is 3.24. The number of rotatable bonds is 0. The summed E-state index contributed by atoms with van der Waals surface area (Å²) < 4.78 is 0. The Hall–Kier alpha value is 0.310. The van der Waals surface area contributed by atoms with Crippen LogP contribution in [0.4, 0.5) is 0 Å². The van der Waals surface area contributed by atoms with Gasteiger partial charge >= 0.3 is 0 Å². The molecule has 2 heteroatoms. The molecular weight excluding hydrogens is 118 g/mol. The van der Waals surface area contributed by atoms with Crippen LogP contribution in [0, 0.1) is 6.54 Å². The first kappa shape index (κ1) is 6.43. The molecule has 1 rings (SSSR count). The Labute approximate surface area is 55.2 Å². The summed E-state index contributed by atoms with van der Waals surface area (Å²) in [6.07, 6.45) is 2.72. The topological polar surface area (TPSA) is 12.0 Å². The van der Waals surface area contributed by atoms with Crippen molar-refractivity contribution in [3.8, 4) is 0 Å². The highest BCUT2D eigenvalue weighted by molar-refractivity contribution is 7.99. The molecule has 0 amide bonds. The predicted molar refractivity (Wildman–Crippen MR) is 38.9 cm³/mol. The molecule has 0 unspecified atom stereocenters. The first-order valence-electron chi connectivity index (χ1n) is 3.13. The van der Waals surface area contributed by atoms with Gasteiger partial charge in [-0.1, -0.05) is 0 Å². The molecule has 8 heavy (non-hydrogen) atoms. The third kappa shape index (κ3) is 2.58. The molecule has 1 nitrogen and oxygen atoms in total. The van der Waals surface area contributed by atoms with Crippen molar-refractivity contribution in [1.82, 2.24) is 5.32 Å². The molecular formula is C6H12NS. The maximum absolute atomic E-state index is 3.24. The van der Waals surface area contributed by atoms with Gasteiger partial charge in [0.15, 0.2) is 0 Å². The van der Waals surface area contributed by atoms with Crippen molar-refractivity contribution in [2.45, 2.75) is 12.8 Å². The van der Waals surface area contributed by atoms with Gasteiger partial charge in [-0.05, 0) is 25.1 Å². The molecule has 1 saturated heterocycles. The molecule has 1 aliphatic heterocycles. The molecule has 0 atom stereocenters. The molecule has 1 aliphatic rings. The third-order valence-electron chi connectivity index (χ3n) is 1.21. The number of hydrogen-bond donors (Lipinski definition) is 1. The second kappa shape index (κ2) is 4.21. The van der Waals surface area contributed by atoms with Gasteiger partial charge in [-0.25, -0.2) is 0 Å². The quantitative estimate of drug-likeness (QED) is 0.530. The van der Waals surface area contributed by atoms with E-state index in [1.807, 2.05) is 11.8 Å². The normalized spacial score (nSPS) is 24.0. The molecule has 1 heterocycles. The van der Waals surface area contributed by atoms with Gasteiger partial charge in [-0.2, -0.15) is 11.8 Å². The summed E-state index contributed by atoms with van der Waals surface area (Å²) in [7, 11) is 0. The van der Waals surface area contributed by atoms with Crippen LogP contribution in [-0.2, 0) is 0 Å². The predicted octanol–water partition coefficient (Wildman–Crippen LogP) is 1.26. The fraction of sp³-hybridized carbons (Fsp3) is 0.833. The molecule has 0 saturated carbocycles. The molecule has 0 aliphatic carbocycles. The van der Waals surface area contributed by atoms with Crippen LogP contribution in [0.3, 0.4) is 0 Å². The Kier molecular flexibility index (Phi) is 3.39. The average Bonchev–Trinajstić information content (AvgIpc) is 1.62. The lowest BCUT2D eigenvalue weighted by molar-refractivity contribution is 0.704. The zero-order valence-corrected chi connectivity index (χ0v) is 5.84. The molecule has 1 fully saturated rings. The molecule has 0 bridgehead atoms. The van der Waals surface area contributed by atoms with E-state index in [2.05, 4.69) is 11.9 Å². The molecule has 0 spiro atoms. The Morgan fingerprint density at radius 3 is 3.38 bits per heavy atom. The van der Waals surface area contributed by atoms with Crippen molar-refractivity contribution in [1.29, 1.82) is 0 Å². The van der Waals surface area contributed by atoms with Crippen LogP contribution in [0.15, 0.2) is 0 Å². The summed E-state index contributed by atoms with van der Waals surface area (Å²) in [6.45, 7) is 3.34. The highest BCUT2D eigenvalue weighted by Crippen LogP contribution is 2.06. The summed E-state index contributed by atoms with van der Waals surface area (Å²) >= 11 is 2.01. The Morgan fingerprint density at radius 2 is 2.38 bits per heavy atom. The van der Waals surface area contributed by atoms with Crippen molar-refractivity contribution < 1.29 is 0 Å². The Bertz CT molecular complexity index is 32.5. The van der Waals surface area contributed by atoms with Gasteiger partial charge in [0.25, 0.3) is 0 Å². The Morgan fingerprint density at radius 1 is 1.38 bits per heavy atom. The standard InChI is InChI=1S/C6H12NS/c1-2-5-8-6-4-7-3-1/h4,7H,1-3,5-6H2. The van der Waals surface area contributed by atoms with Crippen LogP contribution < -0.4 is 5.32 Å². The summed E-state index contributed by atoms with van der Waals surface area (Å²) in [5.74, 6) is 2.53. The average molecular weight is 130 g/mol. The number of thioether (sulfide) groups is 1. The minimum atomic E-state index is 1.18. The molecule has 47 valence electrons. The van der Waals surface area contributed by atoms with Gasteiger partial charge in [0, 0.05) is 12.3 Å². The summed E-state index contributed by atoms with van der Waals surface area (Å²) in [6, 6.07) is 0. The van der Waals surface area contributed by atoms with E-state index in [1.54, 1.807) is 0 Å². The van der Waals surface area contributed by atoms with E-state index in [0.717, 1.165) is 0 Å². The van der Waals surface area contributed by atoms with E-state index in [9.17, 15) is 0 Å². The van der Waals surface area contributed by atoms with E-state index in [-0.39, 0.29) is 0 Å². The van der Waals surface area contributed by atoms with Gasteiger partial charge in [0.05, 0.1) is 0 Å². The van der Waals surface area contributed by atoms with Crippen molar-refractivity contribution in [3.05, 3.63) is 6.54 Å². The lowest BCUT2D eigenvalue weighted by Crippen LogP contribution is -2.15. The highest BCUT2D eigenvalue weighted by atomic mass is 32.2. The fourth-order valence-electron chi connectivity index (χ4n) is 0.734. The molecule has 0 aromatic heterocycles.